The molecule has 3 aromatic heterocycles. The Balaban J connectivity index is 1.29. The van der Waals surface area contributed by atoms with Crippen LogP contribution in [0.2, 0.25) is 0 Å². The number of nitrogens with zero attached hydrogens (tertiary/aromatic N) is 5. The minimum atomic E-state index is -0.325. The summed E-state index contributed by atoms with van der Waals surface area (Å²) in [4.78, 5) is 11.8. The highest BCUT2D eigenvalue weighted by Gasteiger charge is 2.38. The second-order valence-electron chi connectivity index (χ2n) is 8.62. The van der Waals surface area contributed by atoms with Crippen LogP contribution < -0.4 is 5.32 Å². The van der Waals surface area contributed by atoms with Crippen LogP contribution in [-0.4, -0.2) is 49.8 Å². The lowest BCUT2D eigenvalue weighted by molar-refractivity contribution is 0.169. The van der Waals surface area contributed by atoms with E-state index in [9.17, 15) is 4.39 Å². The van der Waals surface area contributed by atoms with Crippen molar-refractivity contribution in [1.82, 2.24) is 24.6 Å². The summed E-state index contributed by atoms with van der Waals surface area (Å²) in [6, 6.07) is 7.33. The molecule has 2 aliphatic rings. The van der Waals surface area contributed by atoms with Gasteiger partial charge in [-0.2, -0.15) is 5.10 Å². The molecule has 2 aliphatic heterocycles. The maximum atomic E-state index is 14.5. The molecule has 5 heterocycles. The van der Waals surface area contributed by atoms with Gasteiger partial charge in [0.1, 0.15) is 11.0 Å². The third kappa shape index (κ3) is 2.97. The first-order valence-corrected chi connectivity index (χ1v) is 11.2. The smallest absolute Gasteiger partial charge is 0.184 e. The van der Waals surface area contributed by atoms with Crippen molar-refractivity contribution in [3.05, 3.63) is 36.4 Å². The normalized spacial score (nSPS) is 24.2. The molecule has 1 N–H and O–H groups in total. The maximum absolute atomic E-state index is 14.5. The van der Waals surface area contributed by atoms with Crippen molar-refractivity contribution in [2.45, 2.75) is 43.8 Å². The lowest BCUT2D eigenvalue weighted by atomic mass is 9.98. The van der Waals surface area contributed by atoms with E-state index in [0.29, 0.717) is 23.6 Å². The van der Waals surface area contributed by atoms with Crippen molar-refractivity contribution in [2.24, 2.45) is 7.05 Å². The first-order valence-electron chi connectivity index (χ1n) is 10.4. The van der Waals surface area contributed by atoms with Crippen LogP contribution >= 0.6 is 11.3 Å². The highest BCUT2D eigenvalue weighted by molar-refractivity contribution is 7.22. The number of hydrogen-bond donors (Lipinski definition) is 1. The van der Waals surface area contributed by atoms with Crippen LogP contribution in [-0.2, 0) is 7.05 Å². The van der Waals surface area contributed by atoms with Gasteiger partial charge in [-0.25, -0.2) is 9.37 Å². The molecule has 30 heavy (non-hydrogen) atoms. The summed E-state index contributed by atoms with van der Waals surface area (Å²) in [7, 11) is 4.06. The van der Waals surface area contributed by atoms with Crippen molar-refractivity contribution < 1.29 is 4.39 Å². The molecule has 8 heteroatoms. The molecule has 4 aromatic rings. The number of pyridine rings is 1. The molecule has 6 rings (SSSR count). The average Bonchev–Trinajstić information content (AvgIpc) is 3.34. The molecular weight excluding hydrogens is 399 g/mol. The Morgan fingerprint density at radius 2 is 1.93 bits per heavy atom. The van der Waals surface area contributed by atoms with E-state index >= 15 is 0 Å². The molecule has 2 bridgehead atoms. The number of nitrogens with one attached hydrogen (secondary N) is 1. The summed E-state index contributed by atoms with van der Waals surface area (Å²) >= 11 is 1.65. The average molecular weight is 423 g/mol. The first kappa shape index (κ1) is 18.2. The third-order valence-electron chi connectivity index (χ3n) is 6.67. The van der Waals surface area contributed by atoms with Crippen molar-refractivity contribution >= 4 is 37.6 Å². The zero-order chi connectivity index (χ0) is 20.4. The van der Waals surface area contributed by atoms with Crippen molar-refractivity contribution in [2.75, 3.05) is 12.4 Å². The summed E-state index contributed by atoms with van der Waals surface area (Å²) < 4.78 is 17.2. The van der Waals surface area contributed by atoms with Gasteiger partial charge in [0.2, 0.25) is 0 Å². The molecule has 6 nitrogen and oxygen atoms in total. The molecule has 0 amide bonds. The lowest BCUT2D eigenvalue weighted by Crippen LogP contribution is -2.44. The minimum absolute atomic E-state index is 0.325. The molecule has 0 spiro atoms. The van der Waals surface area contributed by atoms with Gasteiger partial charge in [0.05, 0.1) is 16.6 Å². The quantitative estimate of drug-likeness (QED) is 0.530. The fourth-order valence-electron chi connectivity index (χ4n) is 5.12. The van der Waals surface area contributed by atoms with E-state index in [1.807, 2.05) is 18.3 Å². The molecule has 0 radical (unpaired) electrons. The number of aromatic nitrogens is 4. The Labute approximate surface area is 177 Å². The van der Waals surface area contributed by atoms with Gasteiger partial charge >= 0.3 is 0 Å². The summed E-state index contributed by atoms with van der Waals surface area (Å²) in [6.07, 6.45) is 8.59. The van der Waals surface area contributed by atoms with E-state index in [4.69, 9.17) is 4.98 Å². The minimum Gasteiger partial charge on any atom is -0.359 e. The second-order valence-corrected chi connectivity index (χ2v) is 9.65. The zero-order valence-corrected chi connectivity index (χ0v) is 17.8. The van der Waals surface area contributed by atoms with Gasteiger partial charge in [-0.1, -0.05) is 11.3 Å². The van der Waals surface area contributed by atoms with Crippen molar-refractivity contribution in [3.63, 3.8) is 0 Å². The van der Waals surface area contributed by atoms with E-state index in [-0.39, 0.29) is 5.82 Å². The highest BCUT2D eigenvalue weighted by Crippen LogP contribution is 2.37. The van der Waals surface area contributed by atoms with Crippen LogP contribution in [0.15, 0.2) is 30.6 Å². The predicted octanol–water partition coefficient (Wildman–Crippen LogP) is 4.42. The number of anilines is 1. The molecule has 2 fully saturated rings. The molecule has 0 saturated carbocycles. The van der Waals surface area contributed by atoms with Crippen LogP contribution in [0, 0.1) is 5.82 Å². The number of halogens is 1. The molecule has 154 valence electrons. The molecule has 0 aliphatic carbocycles. The lowest BCUT2D eigenvalue weighted by Gasteiger charge is -2.36. The molecule has 0 unspecified atom stereocenters. The summed E-state index contributed by atoms with van der Waals surface area (Å²) in [5.41, 5.74) is 2.77. The topological polar surface area (TPSA) is 58.9 Å². The third-order valence-corrected chi connectivity index (χ3v) is 7.62. The standard InChI is InChI=1S/C22H23FN6S/c1-28-11-13-5-12(6-17(23)21(13)27-28)18-9-20-19(10-24-18)26-22(30-20)25-14-7-15-3-4-16(8-14)29(15)2/h5-6,9-11,14-16H,3-4,7-8H2,1-2H3,(H,25,26)/t14-,15-,16+. The van der Waals surface area contributed by atoms with Gasteiger partial charge in [-0.05, 0) is 50.9 Å². The van der Waals surface area contributed by atoms with E-state index in [2.05, 4.69) is 27.3 Å². The van der Waals surface area contributed by atoms with E-state index in [1.54, 1.807) is 29.3 Å². The van der Waals surface area contributed by atoms with Crippen LogP contribution in [0.25, 0.3) is 32.4 Å². The van der Waals surface area contributed by atoms with Crippen LogP contribution in [0.4, 0.5) is 9.52 Å². The summed E-state index contributed by atoms with van der Waals surface area (Å²) in [5, 5.41) is 9.57. The SMILES string of the molecule is CN1[C@@H]2CC[C@H]1C[C@H](Nc1nc3cnc(-c4cc(F)c5nn(C)cc5c4)cc3s1)C2. The number of aryl methyl sites for hydroxylation is 1. The number of hydrogen-bond acceptors (Lipinski definition) is 6. The van der Waals surface area contributed by atoms with E-state index < -0.39 is 0 Å². The Hall–Kier alpha value is -2.58. The van der Waals surface area contributed by atoms with Crippen molar-refractivity contribution in [3.8, 4) is 11.3 Å². The predicted molar refractivity (Wildman–Crippen MR) is 118 cm³/mol. The van der Waals surface area contributed by atoms with Crippen molar-refractivity contribution in [1.29, 1.82) is 0 Å². The Morgan fingerprint density at radius 3 is 2.73 bits per heavy atom. The number of rotatable bonds is 3. The Morgan fingerprint density at radius 1 is 1.13 bits per heavy atom. The number of fused-ring (bicyclic) bond motifs is 4. The zero-order valence-electron chi connectivity index (χ0n) is 17.0. The van der Waals surface area contributed by atoms with Gasteiger partial charge in [0.25, 0.3) is 0 Å². The molecule has 2 saturated heterocycles. The fraction of sp³-hybridized carbons (Fsp3) is 0.409. The highest BCUT2D eigenvalue weighted by atomic mass is 32.1. The van der Waals surface area contributed by atoms with Gasteiger partial charge < -0.3 is 10.2 Å². The Bertz CT molecular complexity index is 1250. The monoisotopic (exact) mass is 422 g/mol. The first-order chi connectivity index (χ1) is 14.5. The van der Waals surface area contributed by atoms with Gasteiger partial charge in [0.15, 0.2) is 10.9 Å². The second kappa shape index (κ2) is 6.72. The molecule has 1 aromatic carbocycles. The van der Waals surface area contributed by atoms with Crippen LogP contribution in [0.1, 0.15) is 25.7 Å². The molecular formula is C22H23FN6S. The fourth-order valence-corrected chi connectivity index (χ4v) is 6.07. The van der Waals surface area contributed by atoms with Gasteiger partial charge in [-0.3, -0.25) is 9.67 Å². The van der Waals surface area contributed by atoms with Crippen LogP contribution in [0.5, 0.6) is 0 Å². The number of piperidine rings is 1. The largest absolute Gasteiger partial charge is 0.359 e. The summed E-state index contributed by atoms with van der Waals surface area (Å²) in [5.74, 6) is -0.325. The maximum Gasteiger partial charge on any atom is 0.184 e. The van der Waals surface area contributed by atoms with Crippen LogP contribution in [0.3, 0.4) is 0 Å². The van der Waals surface area contributed by atoms with E-state index in [0.717, 1.165) is 32.0 Å². The van der Waals surface area contributed by atoms with E-state index in [1.165, 1.54) is 31.7 Å². The Kier molecular flexibility index (Phi) is 4.08. The summed E-state index contributed by atoms with van der Waals surface area (Å²) in [6.45, 7) is 0. The number of thiazole rings is 1. The molecule has 3 atom stereocenters. The van der Waals surface area contributed by atoms with Gasteiger partial charge in [0, 0.05) is 42.3 Å². The van der Waals surface area contributed by atoms with Gasteiger partial charge in [-0.15, -0.1) is 0 Å². The number of benzene rings is 1.